The summed E-state index contributed by atoms with van der Waals surface area (Å²) in [7, 11) is 2.60. The average Bonchev–Trinajstić information content (AvgIpc) is 1.73. The number of hydrogen-bond acceptors (Lipinski definition) is 17. The van der Waals surface area contributed by atoms with Crippen molar-refractivity contribution < 1.29 is 48.8 Å². The molecule has 0 saturated carbocycles. The predicted octanol–water partition coefficient (Wildman–Crippen LogP) is 19.2. The van der Waals surface area contributed by atoms with Crippen LogP contribution in [0, 0.1) is 0 Å². The third-order valence-electron chi connectivity index (χ3n) is 21.4. The Morgan fingerprint density at radius 2 is 1.20 bits per heavy atom. The van der Waals surface area contributed by atoms with Crippen LogP contribution in [0.15, 0.2) is 228 Å². The molecular formula is C93H90N12O10. The SMILES string of the molecule is C=Cc1[nH]ncc1C1=CNC(c2ccc(O)c(C(=O)OC)c2)C=C1CCCC.COC(=O)c1cc(C(=Nc2ccc3[nH]ncc3c2)C2=CCCCC2)ccc1O.O=C1CCCC=C1c1nc2ccc3[nH]ncc3c2c2c1CCCC2.O=C1NC(=O)c2ccccc21.Oc1ccc(C(=Nc2ccc3[nH]ccc3c2)C2=CCCCC2)cc1. The number of ketones is 1. The molecule has 4 aliphatic carbocycles. The van der Waals surface area contributed by atoms with Gasteiger partial charge in [-0.25, -0.2) is 24.6 Å². The Bertz CT molecular complexity index is 5910. The summed E-state index contributed by atoms with van der Waals surface area (Å²) in [6.07, 6.45) is 39.0. The summed E-state index contributed by atoms with van der Waals surface area (Å²) in [4.78, 5) is 76.3. The summed E-state index contributed by atoms with van der Waals surface area (Å²) in [6.45, 7) is 6.01. The fourth-order valence-electron chi connectivity index (χ4n) is 15.4. The van der Waals surface area contributed by atoms with Crippen LogP contribution in [0.3, 0.4) is 0 Å². The molecule has 0 radical (unpaired) electrons. The first-order chi connectivity index (χ1) is 56.1. The van der Waals surface area contributed by atoms with Crippen molar-refractivity contribution in [2.24, 2.45) is 9.98 Å². The highest BCUT2D eigenvalue weighted by atomic mass is 16.5. The molecule has 1 atom stereocenters. The number of dihydropyridines is 1. The van der Waals surface area contributed by atoms with Gasteiger partial charge in [0.25, 0.3) is 11.8 Å². The van der Waals surface area contributed by atoms with Gasteiger partial charge in [0.1, 0.15) is 28.4 Å². The highest BCUT2D eigenvalue weighted by Crippen LogP contribution is 2.40. The van der Waals surface area contributed by atoms with Crippen LogP contribution < -0.4 is 10.6 Å². The number of imide groups is 1. The molecule has 115 heavy (non-hydrogen) atoms. The zero-order valence-electron chi connectivity index (χ0n) is 64.4. The van der Waals surface area contributed by atoms with Crippen LogP contribution in [-0.2, 0) is 27.1 Å². The largest absolute Gasteiger partial charge is 0.508 e. The van der Waals surface area contributed by atoms with Crippen LogP contribution in [0.25, 0.3) is 60.8 Å². The van der Waals surface area contributed by atoms with Crippen molar-refractivity contribution in [3.63, 3.8) is 0 Å². The number of hydrogen-bond donors (Lipinski definition) is 9. The Morgan fingerprint density at radius 1 is 0.583 bits per heavy atom. The number of fused-ring (bicyclic) bond motifs is 8. The number of aromatic amines is 4. The molecule has 0 bridgehead atoms. The third kappa shape index (κ3) is 17.8. The maximum atomic E-state index is 12.5. The Kier molecular flexibility index (Phi) is 24.6. The monoisotopic (exact) mass is 1530 g/mol. The molecule has 2 amide bonds. The number of pyridine rings is 1. The van der Waals surface area contributed by atoms with E-state index in [1.165, 1.54) is 91.5 Å². The lowest BCUT2D eigenvalue weighted by Crippen LogP contribution is -2.19. The summed E-state index contributed by atoms with van der Waals surface area (Å²) >= 11 is 0. The molecule has 0 fully saturated rings. The standard InChI is InChI=1S/C22H21N3O3.C22H25N3O3.C21H20N2O.C20H19N3O.C8H5NO2/c1-28-22(27)18-12-15(7-10-20(18)26)21(14-5-3-2-4-6-14)24-17-8-9-19-16(11-17)13-23-25-19;1-4-6-7-14-11-20(15-8-9-21(26)16(10-15)22(27)28-3)23-12-17(14)18-13-24-25-19(18)5-2;24-19-9-6-16(7-10-19)21(15-4-2-1-3-5-15)23-18-8-11-20-17(14-18)12-13-22-20;24-18-8-4-3-7-14(18)20-13-6-2-1-5-12(13)19-15-11-21-23-16(15)9-10-17(19)22-20;10-7-5-3-1-2-4-6(5)8(11)9-7/h5,7-13,26H,2-4,6H2,1H3,(H,23,25);5,8-13,20,23,26H,2,4,6-7H2,1,3H3,(H,24,25);4,6-14,22,24H,1-3,5H2;7,9-11H,1-6,8H2,(H,21,23);1-4H,(H,9,10,11). The van der Waals surface area contributed by atoms with E-state index >= 15 is 0 Å². The van der Waals surface area contributed by atoms with Gasteiger partial charge in [0.2, 0.25) is 0 Å². The average molecular weight is 1540 g/mol. The van der Waals surface area contributed by atoms with Gasteiger partial charge in [0.15, 0.2) is 5.78 Å². The lowest BCUT2D eigenvalue weighted by Gasteiger charge is -2.25. The number of nitrogens with one attached hydrogen (secondary N) is 6. The number of amides is 2. The van der Waals surface area contributed by atoms with Gasteiger partial charge < -0.3 is 35.1 Å². The molecule has 0 saturated heterocycles. The van der Waals surface area contributed by atoms with Crippen LogP contribution in [0.4, 0.5) is 11.4 Å². The summed E-state index contributed by atoms with van der Waals surface area (Å²) in [5.41, 5.74) is 22.8. The first-order valence-electron chi connectivity index (χ1n) is 39.1. The smallest absolute Gasteiger partial charge is 0.341 e. The van der Waals surface area contributed by atoms with Gasteiger partial charge in [0, 0.05) is 73.7 Å². The molecule has 22 nitrogen and oxygen atoms in total. The maximum Gasteiger partial charge on any atom is 0.341 e. The number of aliphatic imine (C=N–C) groups is 2. The number of aryl methyl sites for hydroxylation is 1. The second-order valence-corrected chi connectivity index (χ2v) is 28.9. The van der Waals surface area contributed by atoms with E-state index in [9.17, 15) is 39.3 Å². The van der Waals surface area contributed by atoms with E-state index in [2.05, 4.69) is 108 Å². The molecule has 9 N–H and O–H groups in total. The fourth-order valence-corrected chi connectivity index (χ4v) is 15.4. The number of phenolic OH excluding ortho intramolecular Hbond substituents is 3. The molecule has 1 unspecified atom stereocenters. The highest BCUT2D eigenvalue weighted by Gasteiger charge is 2.29. The number of carbonyl (C=O) groups excluding carboxylic acids is 5. The first-order valence-corrected chi connectivity index (χ1v) is 39.1. The van der Waals surface area contributed by atoms with E-state index in [0.29, 0.717) is 17.5 Å². The predicted molar refractivity (Wildman–Crippen MR) is 450 cm³/mol. The molecule has 6 aliphatic rings. The van der Waals surface area contributed by atoms with Gasteiger partial charge in [-0.2, -0.15) is 15.3 Å². The molecule has 7 aromatic carbocycles. The van der Waals surface area contributed by atoms with Gasteiger partial charge in [-0.3, -0.25) is 35.0 Å². The molecule has 5 aromatic heterocycles. The lowest BCUT2D eigenvalue weighted by atomic mass is 9.83. The molecule has 18 rings (SSSR count). The minimum atomic E-state index is -0.573. The maximum absolute atomic E-state index is 12.5. The zero-order valence-corrected chi connectivity index (χ0v) is 64.4. The molecule has 12 aromatic rings. The molecule has 7 heterocycles. The number of ether oxygens (including phenoxy) is 2. The second-order valence-electron chi connectivity index (χ2n) is 28.9. The Labute approximate surface area is 664 Å². The fraction of sp³-hybridized carbons (Fsp3) is 0.237. The summed E-state index contributed by atoms with van der Waals surface area (Å²) in [6, 6.07) is 42.1. The van der Waals surface area contributed by atoms with Crippen molar-refractivity contribution in [1.29, 1.82) is 0 Å². The van der Waals surface area contributed by atoms with E-state index in [-0.39, 0.29) is 52.0 Å². The van der Waals surface area contributed by atoms with Gasteiger partial charge in [0.05, 0.1) is 101 Å². The second kappa shape index (κ2) is 36.2. The van der Waals surface area contributed by atoms with Crippen molar-refractivity contribution in [2.45, 2.75) is 129 Å². The van der Waals surface area contributed by atoms with E-state index in [1.54, 1.807) is 79.1 Å². The van der Waals surface area contributed by atoms with E-state index < -0.39 is 11.9 Å². The molecule has 582 valence electrons. The van der Waals surface area contributed by atoms with Crippen molar-refractivity contribution in [2.75, 3.05) is 14.2 Å². The van der Waals surface area contributed by atoms with Crippen LogP contribution in [-0.4, -0.2) is 111 Å². The van der Waals surface area contributed by atoms with Crippen LogP contribution in [0.1, 0.15) is 202 Å². The number of aromatic hydroxyl groups is 3. The number of Topliss-reactive ketones (excluding diaryl/α,β-unsaturated/α-hetero) is 1. The van der Waals surface area contributed by atoms with Crippen LogP contribution in [0.5, 0.6) is 17.2 Å². The first kappa shape index (κ1) is 78.1. The molecule has 2 aliphatic heterocycles. The van der Waals surface area contributed by atoms with Gasteiger partial charge in [-0.05, 0) is 264 Å². The van der Waals surface area contributed by atoms with Crippen LogP contribution in [0.2, 0.25) is 0 Å². The van der Waals surface area contributed by atoms with Crippen molar-refractivity contribution in [3.8, 4) is 17.2 Å². The number of H-pyrrole nitrogens is 4. The number of allylic oxidation sites excluding steroid dienone is 8. The van der Waals surface area contributed by atoms with Crippen molar-refractivity contribution in [3.05, 3.63) is 285 Å². The number of rotatable bonds is 15. The Balaban J connectivity index is 0.000000121. The molecule has 0 spiro atoms. The highest BCUT2D eigenvalue weighted by molar-refractivity contribution is 6.23. The number of carbonyl (C=O) groups is 5. The minimum Gasteiger partial charge on any atom is -0.508 e. The van der Waals surface area contributed by atoms with Crippen LogP contribution >= 0.6 is 0 Å². The van der Waals surface area contributed by atoms with E-state index in [4.69, 9.17) is 24.4 Å². The number of esters is 2. The topological polar surface area (TPSA) is 328 Å². The quantitative estimate of drug-likeness (QED) is 0.0262. The number of unbranched alkanes of at least 4 members (excludes halogenated alkanes) is 1. The van der Waals surface area contributed by atoms with Gasteiger partial charge in [-0.15, -0.1) is 0 Å². The molecular weight excluding hydrogens is 1450 g/mol. The van der Waals surface area contributed by atoms with Gasteiger partial charge in [-0.1, -0.05) is 62.4 Å². The summed E-state index contributed by atoms with van der Waals surface area (Å²) < 4.78 is 9.55. The Morgan fingerprint density at radius 3 is 1.88 bits per heavy atom. The number of phenols is 3. The lowest BCUT2D eigenvalue weighted by molar-refractivity contribution is -0.114. The Hall–Kier alpha value is -13.6. The molecule has 22 heteroatoms. The normalized spacial score (nSPS) is 15.9. The number of methoxy groups -OCH3 is 2. The summed E-state index contributed by atoms with van der Waals surface area (Å²) in [5, 5.41) is 61.1. The third-order valence-corrected chi connectivity index (χ3v) is 21.4. The van der Waals surface area contributed by atoms with Gasteiger partial charge >= 0.3 is 11.9 Å². The van der Waals surface area contributed by atoms with Crippen molar-refractivity contribution >= 4 is 113 Å². The minimum absolute atomic E-state index is 0.0909. The number of benzene rings is 7. The van der Waals surface area contributed by atoms with E-state index in [1.807, 2.05) is 61.1 Å². The number of aromatic nitrogens is 8. The van der Waals surface area contributed by atoms with E-state index in [0.717, 1.165) is 183 Å². The zero-order chi connectivity index (χ0) is 79.9. The summed E-state index contributed by atoms with van der Waals surface area (Å²) in [5.74, 6) is -1.39. The van der Waals surface area contributed by atoms with Crippen molar-refractivity contribution in [1.82, 2.24) is 51.2 Å². The number of nitrogens with zero attached hydrogens (tertiary/aromatic N) is 6.